The molecule has 5 heteroatoms. The lowest BCUT2D eigenvalue weighted by atomic mass is 10.00. The highest BCUT2D eigenvalue weighted by Crippen LogP contribution is 2.28. The van der Waals surface area contributed by atoms with Crippen LogP contribution in [0.4, 0.5) is 0 Å². The van der Waals surface area contributed by atoms with Crippen molar-refractivity contribution < 1.29 is 4.74 Å². The van der Waals surface area contributed by atoms with E-state index in [1.165, 1.54) is 24.2 Å². The van der Waals surface area contributed by atoms with Gasteiger partial charge in [-0.1, -0.05) is 18.3 Å². The van der Waals surface area contributed by atoms with Crippen LogP contribution < -0.4 is 9.61 Å². The number of rotatable bonds is 5. The van der Waals surface area contributed by atoms with Gasteiger partial charge in [0, 0.05) is 18.0 Å². The molecule has 130 valence electrons. The van der Waals surface area contributed by atoms with Crippen LogP contribution in [0, 0.1) is 5.92 Å². The second-order valence-electron chi connectivity index (χ2n) is 6.99. The number of piperidine rings is 1. The van der Waals surface area contributed by atoms with E-state index in [-0.39, 0.29) is 11.0 Å². The van der Waals surface area contributed by atoms with Crippen LogP contribution in [0.2, 0.25) is 0 Å². The molecule has 1 unspecified atom stereocenters. The third kappa shape index (κ3) is 4.28. The Morgan fingerprint density at radius 2 is 2.08 bits per heavy atom. The molecule has 1 aliphatic heterocycles. The van der Waals surface area contributed by atoms with E-state index >= 15 is 0 Å². The van der Waals surface area contributed by atoms with Crippen molar-refractivity contribution >= 4 is 11.3 Å². The van der Waals surface area contributed by atoms with Crippen molar-refractivity contribution in [3.8, 4) is 17.0 Å². The van der Waals surface area contributed by atoms with E-state index in [0.29, 0.717) is 0 Å². The zero-order valence-electron chi connectivity index (χ0n) is 14.7. The summed E-state index contributed by atoms with van der Waals surface area (Å²) >= 11 is 1.33. The lowest BCUT2D eigenvalue weighted by molar-refractivity contribution is 0.178. The average molecular weight is 346 g/mol. The molecule has 24 heavy (non-hydrogen) atoms. The number of H-pyrrole nitrogens is 1. The maximum Gasteiger partial charge on any atom is 0.305 e. The first-order chi connectivity index (χ1) is 11.5. The summed E-state index contributed by atoms with van der Waals surface area (Å²) in [4.78, 5) is 18.6. The third-order valence-corrected chi connectivity index (χ3v) is 5.21. The Bertz CT molecular complexity index is 718. The zero-order valence-corrected chi connectivity index (χ0v) is 15.5. The molecule has 2 aromatic rings. The maximum atomic E-state index is 11.9. The molecule has 1 saturated heterocycles. The molecule has 1 atom stereocenters. The standard InChI is InChI=1S/C19H26N2O2S/c1-13(2)23-16-8-6-15(7-9-16)18-17(24-19(22)20-18)12-21-10-4-5-14(3)11-21/h6-9,13-14H,4-5,10-12H2,1-3H3,(H,20,22). The fourth-order valence-corrected chi connectivity index (χ4v) is 4.21. The summed E-state index contributed by atoms with van der Waals surface area (Å²) in [5, 5.41) is 0. The predicted molar refractivity (Wildman–Crippen MR) is 99.8 cm³/mol. The topological polar surface area (TPSA) is 45.3 Å². The Kier molecular flexibility index (Phi) is 5.41. The van der Waals surface area contributed by atoms with Crippen molar-refractivity contribution in [1.82, 2.24) is 9.88 Å². The van der Waals surface area contributed by atoms with Gasteiger partial charge in [-0.15, -0.1) is 0 Å². The number of hydrogen-bond acceptors (Lipinski definition) is 4. The quantitative estimate of drug-likeness (QED) is 0.886. The number of aromatic nitrogens is 1. The molecule has 1 fully saturated rings. The normalized spacial score (nSPS) is 18.9. The van der Waals surface area contributed by atoms with Crippen molar-refractivity contribution in [3.05, 3.63) is 38.8 Å². The number of benzene rings is 1. The summed E-state index contributed by atoms with van der Waals surface area (Å²) in [5.41, 5.74) is 2.00. The van der Waals surface area contributed by atoms with E-state index in [0.717, 1.165) is 47.4 Å². The van der Waals surface area contributed by atoms with Gasteiger partial charge in [0.15, 0.2) is 0 Å². The van der Waals surface area contributed by atoms with Crippen molar-refractivity contribution in [2.75, 3.05) is 13.1 Å². The first-order valence-electron chi connectivity index (χ1n) is 8.72. The molecule has 0 aliphatic carbocycles. The lowest BCUT2D eigenvalue weighted by Crippen LogP contribution is -2.33. The van der Waals surface area contributed by atoms with Gasteiger partial charge in [0.25, 0.3) is 0 Å². The van der Waals surface area contributed by atoms with Crippen LogP contribution in [-0.2, 0) is 6.54 Å². The second kappa shape index (κ2) is 7.53. The third-order valence-electron chi connectivity index (χ3n) is 4.34. The average Bonchev–Trinajstić information content (AvgIpc) is 2.88. The summed E-state index contributed by atoms with van der Waals surface area (Å²) in [7, 11) is 0. The van der Waals surface area contributed by atoms with E-state index in [1.807, 2.05) is 38.1 Å². The molecule has 0 radical (unpaired) electrons. The van der Waals surface area contributed by atoms with Gasteiger partial charge in [0.05, 0.1) is 11.8 Å². The molecule has 1 N–H and O–H groups in total. The number of ether oxygens (including phenoxy) is 1. The number of likely N-dealkylation sites (tertiary alicyclic amines) is 1. The number of aromatic amines is 1. The summed E-state index contributed by atoms with van der Waals surface area (Å²) in [6, 6.07) is 7.99. The Morgan fingerprint density at radius 1 is 1.33 bits per heavy atom. The molecule has 4 nitrogen and oxygen atoms in total. The van der Waals surface area contributed by atoms with Gasteiger partial charge in [0.2, 0.25) is 0 Å². The van der Waals surface area contributed by atoms with Crippen LogP contribution in [0.5, 0.6) is 5.75 Å². The monoisotopic (exact) mass is 346 g/mol. The number of nitrogens with zero attached hydrogens (tertiary/aromatic N) is 1. The molecule has 0 bridgehead atoms. The minimum atomic E-state index is 0.0209. The predicted octanol–water partition coefficient (Wildman–Crippen LogP) is 4.12. The Hall–Kier alpha value is -1.59. The van der Waals surface area contributed by atoms with E-state index in [9.17, 15) is 4.79 Å². The minimum absolute atomic E-state index is 0.0209. The van der Waals surface area contributed by atoms with Crippen LogP contribution in [0.3, 0.4) is 0 Å². The van der Waals surface area contributed by atoms with Gasteiger partial charge in [0.1, 0.15) is 5.75 Å². The molecule has 3 rings (SSSR count). The Labute approximate surface area is 147 Å². The molecule has 0 saturated carbocycles. The minimum Gasteiger partial charge on any atom is -0.491 e. The fraction of sp³-hybridized carbons (Fsp3) is 0.526. The summed E-state index contributed by atoms with van der Waals surface area (Å²) in [5.74, 6) is 1.60. The van der Waals surface area contributed by atoms with E-state index in [2.05, 4.69) is 16.8 Å². The second-order valence-corrected chi connectivity index (χ2v) is 8.05. The summed E-state index contributed by atoms with van der Waals surface area (Å²) in [6.45, 7) is 9.43. The molecule has 1 aromatic heterocycles. The first kappa shape index (κ1) is 17.2. The molecule has 2 heterocycles. The number of nitrogens with one attached hydrogen (secondary N) is 1. The van der Waals surface area contributed by atoms with Gasteiger partial charge in [-0.05, 0) is 69.0 Å². The van der Waals surface area contributed by atoms with Gasteiger partial charge >= 0.3 is 4.87 Å². The highest BCUT2D eigenvalue weighted by molar-refractivity contribution is 7.09. The molecule has 1 aromatic carbocycles. The number of hydrogen-bond donors (Lipinski definition) is 1. The van der Waals surface area contributed by atoms with E-state index in [1.54, 1.807) is 0 Å². The SMILES string of the molecule is CC1CCCN(Cc2sc(=O)[nH]c2-c2ccc(OC(C)C)cc2)C1. The van der Waals surface area contributed by atoms with Crippen LogP contribution in [0.15, 0.2) is 29.1 Å². The van der Waals surface area contributed by atoms with Crippen molar-refractivity contribution in [3.63, 3.8) is 0 Å². The molecular weight excluding hydrogens is 320 g/mol. The Morgan fingerprint density at radius 3 is 2.75 bits per heavy atom. The largest absolute Gasteiger partial charge is 0.491 e. The van der Waals surface area contributed by atoms with Gasteiger partial charge in [-0.25, -0.2) is 0 Å². The highest BCUT2D eigenvalue weighted by Gasteiger charge is 2.19. The van der Waals surface area contributed by atoms with Crippen molar-refractivity contribution in [1.29, 1.82) is 0 Å². The molecular formula is C19H26N2O2S. The van der Waals surface area contributed by atoms with Crippen LogP contribution in [0.25, 0.3) is 11.3 Å². The molecule has 0 spiro atoms. The smallest absolute Gasteiger partial charge is 0.305 e. The summed E-state index contributed by atoms with van der Waals surface area (Å²) < 4.78 is 5.70. The van der Waals surface area contributed by atoms with Gasteiger partial charge < -0.3 is 9.72 Å². The van der Waals surface area contributed by atoms with Crippen molar-refractivity contribution in [2.24, 2.45) is 5.92 Å². The molecule has 1 aliphatic rings. The van der Waals surface area contributed by atoms with Crippen LogP contribution in [-0.4, -0.2) is 29.1 Å². The first-order valence-corrected chi connectivity index (χ1v) is 9.54. The zero-order chi connectivity index (χ0) is 17.1. The van der Waals surface area contributed by atoms with E-state index < -0.39 is 0 Å². The van der Waals surface area contributed by atoms with Gasteiger partial charge in [-0.2, -0.15) is 0 Å². The highest BCUT2D eigenvalue weighted by atomic mass is 32.1. The fourth-order valence-electron chi connectivity index (χ4n) is 3.31. The van der Waals surface area contributed by atoms with Crippen LogP contribution >= 0.6 is 11.3 Å². The summed E-state index contributed by atoms with van der Waals surface area (Å²) in [6.07, 6.45) is 2.72. The van der Waals surface area contributed by atoms with Crippen LogP contribution in [0.1, 0.15) is 38.5 Å². The number of thiazole rings is 1. The maximum absolute atomic E-state index is 11.9. The lowest BCUT2D eigenvalue weighted by Gasteiger charge is -2.30. The molecule has 0 amide bonds. The van der Waals surface area contributed by atoms with E-state index in [4.69, 9.17) is 4.74 Å². The Balaban J connectivity index is 1.79. The van der Waals surface area contributed by atoms with Gasteiger partial charge in [-0.3, -0.25) is 9.69 Å². The van der Waals surface area contributed by atoms with Crippen molar-refractivity contribution in [2.45, 2.75) is 46.3 Å².